The summed E-state index contributed by atoms with van der Waals surface area (Å²) >= 11 is 0. The Morgan fingerprint density at radius 3 is 2.40 bits per heavy atom. The fraction of sp³-hybridized carbons (Fsp3) is 0.500. The molecule has 2 atom stereocenters. The molecule has 2 fully saturated rings. The fourth-order valence-electron chi connectivity index (χ4n) is 4.61. The fourth-order valence-corrected chi connectivity index (χ4v) is 5.13. The zero-order valence-electron chi connectivity index (χ0n) is 20.2. The molecule has 2 saturated carbocycles. The molecule has 5 rings (SSSR count). The number of anilines is 2. The van der Waals surface area contributed by atoms with Gasteiger partial charge in [0.05, 0.1) is 4.90 Å². The second-order valence-corrected chi connectivity index (χ2v) is 11.7. The van der Waals surface area contributed by atoms with Crippen molar-refractivity contribution >= 4 is 21.7 Å². The zero-order valence-corrected chi connectivity index (χ0v) is 21.0. The predicted octanol–water partition coefficient (Wildman–Crippen LogP) is 3.81. The van der Waals surface area contributed by atoms with E-state index in [1.807, 2.05) is 12.4 Å². The second-order valence-electron chi connectivity index (χ2n) is 10.1. The average molecular weight is 498 g/mol. The molecule has 2 aromatic heterocycles. The van der Waals surface area contributed by atoms with Gasteiger partial charge in [-0.05, 0) is 74.8 Å². The van der Waals surface area contributed by atoms with Crippen molar-refractivity contribution in [2.75, 3.05) is 5.32 Å². The van der Waals surface area contributed by atoms with Crippen LogP contribution in [-0.2, 0) is 15.6 Å². The van der Waals surface area contributed by atoms with E-state index in [0.717, 1.165) is 43.5 Å². The average Bonchev–Trinajstić information content (AvgIpc) is 3.21. The normalized spacial score (nSPS) is 21.3. The van der Waals surface area contributed by atoms with E-state index in [1.165, 1.54) is 12.1 Å². The van der Waals surface area contributed by atoms with Gasteiger partial charge in [0.2, 0.25) is 16.0 Å². The molecule has 0 spiro atoms. The highest BCUT2D eigenvalue weighted by atomic mass is 32.2. The molecule has 3 N–H and O–H groups in total. The third-order valence-electron chi connectivity index (χ3n) is 6.93. The van der Waals surface area contributed by atoms with Crippen LogP contribution in [-0.4, -0.2) is 39.3 Å². The van der Waals surface area contributed by atoms with Gasteiger partial charge < -0.3 is 10.1 Å². The van der Waals surface area contributed by atoms with Crippen molar-refractivity contribution in [1.29, 1.82) is 0 Å². The first-order chi connectivity index (χ1) is 16.6. The molecule has 2 heterocycles. The van der Waals surface area contributed by atoms with Crippen LogP contribution in [0.4, 0.5) is 11.6 Å². The van der Waals surface area contributed by atoms with Crippen LogP contribution in [0, 0.1) is 0 Å². The first kappa shape index (κ1) is 23.7. The molecule has 2 aliphatic rings. The molecular formula is C24H31N7O3S. The Kier molecular flexibility index (Phi) is 6.00. The number of nitrogens with one attached hydrogen (secondary N) is 1. The minimum Gasteiger partial charge on any atom is -0.460 e. The SMILES string of the molecule is CC(C)c1nnc(O[C@@H]2CC[C@H](c3cnc(Nc4ccc(S(N)(=O)=O)cc4)nc3)C2)n1C1(C)CC1. The molecule has 0 saturated heterocycles. The van der Waals surface area contributed by atoms with Crippen molar-refractivity contribution in [2.24, 2.45) is 5.14 Å². The van der Waals surface area contributed by atoms with Crippen LogP contribution in [0.3, 0.4) is 0 Å². The van der Waals surface area contributed by atoms with Gasteiger partial charge >= 0.3 is 6.01 Å². The maximum atomic E-state index is 11.4. The number of benzene rings is 1. The highest BCUT2D eigenvalue weighted by Crippen LogP contribution is 2.47. The molecule has 35 heavy (non-hydrogen) atoms. The van der Waals surface area contributed by atoms with Crippen LogP contribution in [0.2, 0.25) is 0 Å². The molecule has 11 heteroatoms. The maximum absolute atomic E-state index is 11.4. The van der Waals surface area contributed by atoms with Crippen LogP contribution >= 0.6 is 0 Å². The van der Waals surface area contributed by atoms with Crippen molar-refractivity contribution < 1.29 is 13.2 Å². The van der Waals surface area contributed by atoms with E-state index in [0.29, 0.717) is 29.5 Å². The van der Waals surface area contributed by atoms with Gasteiger partial charge in [0.1, 0.15) is 11.9 Å². The predicted molar refractivity (Wildman–Crippen MR) is 131 cm³/mol. The number of hydrogen-bond acceptors (Lipinski definition) is 8. The third kappa shape index (κ3) is 5.01. The second kappa shape index (κ2) is 8.87. The largest absolute Gasteiger partial charge is 0.460 e. The molecule has 10 nitrogen and oxygen atoms in total. The molecule has 3 aromatic rings. The summed E-state index contributed by atoms with van der Waals surface area (Å²) in [5.74, 6) is 2.05. The monoisotopic (exact) mass is 497 g/mol. The van der Waals surface area contributed by atoms with Gasteiger partial charge in [-0.2, -0.15) is 0 Å². The maximum Gasteiger partial charge on any atom is 0.317 e. The van der Waals surface area contributed by atoms with E-state index in [2.05, 4.69) is 50.8 Å². The Labute approximate surface area is 205 Å². The molecule has 186 valence electrons. The molecule has 1 aromatic carbocycles. The quantitative estimate of drug-likeness (QED) is 0.479. The van der Waals surface area contributed by atoms with Crippen LogP contribution in [0.15, 0.2) is 41.6 Å². The van der Waals surface area contributed by atoms with E-state index in [-0.39, 0.29) is 16.5 Å². The van der Waals surface area contributed by atoms with E-state index in [9.17, 15) is 8.42 Å². The van der Waals surface area contributed by atoms with Crippen molar-refractivity contribution in [2.45, 2.75) is 81.2 Å². The van der Waals surface area contributed by atoms with Crippen molar-refractivity contribution in [3.05, 3.63) is 48.0 Å². The van der Waals surface area contributed by atoms with Crippen LogP contribution in [0.1, 0.15) is 76.1 Å². The molecule has 0 unspecified atom stereocenters. The number of nitrogens with zero attached hydrogens (tertiary/aromatic N) is 5. The number of hydrogen-bond donors (Lipinski definition) is 2. The van der Waals surface area contributed by atoms with E-state index in [4.69, 9.17) is 9.88 Å². The minimum absolute atomic E-state index is 0.0576. The van der Waals surface area contributed by atoms with Gasteiger partial charge in [-0.25, -0.2) is 23.5 Å². The number of sulfonamides is 1. The standard InChI is InChI=1S/C24H31N7O3S/c1-15(2)21-29-30-23(31(21)24(3)10-11-24)34-19-7-4-16(12-19)17-13-26-22(27-14-17)28-18-5-8-20(9-6-18)35(25,32)33/h5-6,8-9,13-16,19H,4,7,10-12H2,1-3H3,(H2,25,32,33)(H,26,27,28)/t16-,19+/m0/s1. The van der Waals surface area contributed by atoms with E-state index in [1.54, 1.807) is 12.1 Å². The molecule has 2 aliphatic carbocycles. The highest BCUT2D eigenvalue weighted by Gasteiger charge is 2.44. The van der Waals surface area contributed by atoms with Crippen LogP contribution in [0.25, 0.3) is 0 Å². The molecule has 0 radical (unpaired) electrons. The van der Waals surface area contributed by atoms with E-state index < -0.39 is 10.0 Å². The van der Waals surface area contributed by atoms with E-state index >= 15 is 0 Å². The Bertz CT molecular complexity index is 1300. The summed E-state index contributed by atoms with van der Waals surface area (Å²) in [4.78, 5) is 8.95. The summed E-state index contributed by atoms with van der Waals surface area (Å²) in [5, 5.41) is 17.0. The lowest BCUT2D eigenvalue weighted by Crippen LogP contribution is -2.22. The Hall–Kier alpha value is -3.05. The zero-order chi connectivity index (χ0) is 24.8. The molecule has 0 bridgehead atoms. The highest BCUT2D eigenvalue weighted by molar-refractivity contribution is 7.89. The number of primary sulfonamides is 1. The van der Waals surface area contributed by atoms with Gasteiger partial charge in [0.25, 0.3) is 0 Å². The molecule has 0 aliphatic heterocycles. The Morgan fingerprint density at radius 1 is 1.11 bits per heavy atom. The van der Waals surface area contributed by atoms with Gasteiger partial charge in [-0.1, -0.05) is 18.9 Å². The summed E-state index contributed by atoms with van der Waals surface area (Å²) in [7, 11) is -3.72. The van der Waals surface area contributed by atoms with Crippen molar-refractivity contribution in [3.63, 3.8) is 0 Å². The van der Waals surface area contributed by atoms with Gasteiger partial charge in [0, 0.05) is 29.5 Å². The first-order valence-corrected chi connectivity index (χ1v) is 13.5. The number of nitrogens with two attached hydrogens (primary N) is 1. The van der Waals surface area contributed by atoms with Gasteiger partial charge in [-0.15, -0.1) is 5.10 Å². The summed E-state index contributed by atoms with van der Waals surface area (Å²) in [5.41, 5.74) is 1.82. The number of rotatable bonds is 8. The molecular weight excluding hydrogens is 466 g/mol. The Morgan fingerprint density at radius 2 is 1.80 bits per heavy atom. The topological polar surface area (TPSA) is 138 Å². The minimum atomic E-state index is -3.72. The lowest BCUT2D eigenvalue weighted by Gasteiger charge is -2.20. The number of aromatic nitrogens is 5. The summed E-state index contributed by atoms with van der Waals surface area (Å²) in [6.07, 6.45) is 8.84. The molecule has 0 amide bonds. The lowest BCUT2D eigenvalue weighted by molar-refractivity contribution is 0.174. The lowest BCUT2D eigenvalue weighted by atomic mass is 10.0. The van der Waals surface area contributed by atoms with Crippen molar-refractivity contribution in [3.8, 4) is 6.01 Å². The summed E-state index contributed by atoms with van der Waals surface area (Å²) in [6.45, 7) is 6.52. The Balaban J connectivity index is 1.21. The van der Waals surface area contributed by atoms with Gasteiger partial charge in [-0.3, -0.25) is 4.57 Å². The summed E-state index contributed by atoms with van der Waals surface area (Å²) < 4.78 is 31.4. The van der Waals surface area contributed by atoms with Gasteiger partial charge in [0.15, 0.2) is 0 Å². The van der Waals surface area contributed by atoms with Crippen LogP contribution < -0.4 is 15.2 Å². The van der Waals surface area contributed by atoms with Crippen LogP contribution in [0.5, 0.6) is 6.01 Å². The van der Waals surface area contributed by atoms with Crippen molar-refractivity contribution in [1.82, 2.24) is 24.7 Å². The summed E-state index contributed by atoms with van der Waals surface area (Å²) in [6, 6.07) is 6.78. The number of ether oxygens (including phenoxy) is 1. The first-order valence-electron chi connectivity index (χ1n) is 12.0. The third-order valence-corrected chi connectivity index (χ3v) is 7.86. The smallest absolute Gasteiger partial charge is 0.317 e.